The minimum atomic E-state index is 0.327. The molecule has 1 saturated heterocycles. The maximum absolute atomic E-state index is 5.93. The Labute approximate surface area is 110 Å². The molecule has 3 heteroatoms. The molecule has 2 nitrogen and oxygen atoms in total. The van der Waals surface area contributed by atoms with Crippen molar-refractivity contribution in [1.29, 1.82) is 0 Å². The predicted octanol–water partition coefficient (Wildman–Crippen LogP) is 2.92. The standard InChI is InChI=1S/C14H27NOS/c1-10(17-4)7-8-15-12-11-6-5-9-16-13(11)14(12,2)3/h10-13,15H,5-9H2,1-4H3. The van der Waals surface area contributed by atoms with Gasteiger partial charge in [0.25, 0.3) is 0 Å². The quantitative estimate of drug-likeness (QED) is 0.818. The maximum atomic E-state index is 5.93. The van der Waals surface area contributed by atoms with Gasteiger partial charge in [0.2, 0.25) is 0 Å². The fourth-order valence-electron chi connectivity index (χ4n) is 3.50. The number of hydrogen-bond donors (Lipinski definition) is 1. The van der Waals surface area contributed by atoms with Crippen LogP contribution in [0.4, 0.5) is 0 Å². The number of nitrogens with one attached hydrogen (secondary N) is 1. The third-order valence-corrected chi connectivity index (χ3v) is 5.69. The van der Waals surface area contributed by atoms with E-state index < -0.39 is 0 Å². The van der Waals surface area contributed by atoms with Crippen LogP contribution < -0.4 is 5.32 Å². The summed E-state index contributed by atoms with van der Waals surface area (Å²) in [4.78, 5) is 0. The SMILES string of the molecule is CSC(C)CCNC1C2CCCOC2C1(C)C. The number of ether oxygens (including phenoxy) is 1. The molecule has 1 aliphatic heterocycles. The molecule has 0 spiro atoms. The summed E-state index contributed by atoms with van der Waals surface area (Å²) in [5, 5.41) is 4.55. The van der Waals surface area contributed by atoms with Crippen molar-refractivity contribution in [3.8, 4) is 0 Å². The summed E-state index contributed by atoms with van der Waals surface area (Å²) >= 11 is 1.96. The molecular weight excluding hydrogens is 230 g/mol. The fraction of sp³-hybridized carbons (Fsp3) is 1.00. The zero-order chi connectivity index (χ0) is 12.5. The molecular formula is C14H27NOS. The lowest BCUT2D eigenvalue weighted by molar-refractivity contribution is -0.192. The van der Waals surface area contributed by atoms with Crippen LogP contribution in [0.25, 0.3) is 0 Å². The molecule has 1 N–H and O–H groups in total. The van der Waals surface area contributed by atoms with Gasteiger partial charge in [0.05, 0.1) is 6.10 Å². The summed E-state index contributed by atoms with van der Waals surface area (Å²) in [7, 11) is 0. The molecule has 0 aromatic rings. The lowest BCUT2D eigenvalue weighted by Gasteiger charge is -2.60. The van der Waals surface area contributed by atoms with E-state index in [1.54, 1.807) is 0 Å². The molecule has 4 atom stereocenters. The smallest absolute Gasteiger partial charge is 0.0684 e. The summed E-state index contributed by atoms with van der Waals surface area (Å²) in [6.07, 6.45) is 6.57. The van der Waals surface area contributed by atoms with Crippen LogP contribution >= 0.6 is 11.8 Å². The number of rotatable bonds is 5. The summed E-state index contributed by atoms with van der Waals surface area (Å²) in [6.45, 7) is 9.15. The average Bonchev–Trinajstić information content (AvgIpc) is 2.34. The van der Waals surface area contributed by atoms with E-state index in [2.05, 4.69) is 32.3 Å². The molecule has 1 heterocycles. The van der Waals surface area contributed by atoms with E-state index in [1.165, 1.54) is 19.3 Å². The molecule has 100 valence electrons. The van der Waals surface area contributed by atoms with Crippen molar-refractivity contribution < 1.29 is 4.74 Å². The van der Waals surface area contributed by atoms with Crippen molar-refractivity contribution in [3.05, 3.63) is 0 Å². The molecule has 0 aromatic heterocycles. The summed E-state index contributed by atoms with van der Waals surface area (Å²) in [5.74, 6) is 0.767. The number of thioether (sulfide) groups is 1. The van der Waals surface area contributed by atoms with Crippen LogP contribution in [-0.2, 0) is 4.74 Å². The Hall–Kier alpha value is 0.270. The molecule has 0 radical (unpaired) electrons. The fourth-order valence-corrected chi connectivity index (χ4v) is 3.85. The Bertz CT molecular complexity index is 257. The zero-order valence-corrected chi connectivity index (χ0v) is 12.5. The van der Waals surface area contributed by atoms with E-state index >= 15 is 0 Å². The highest BCUT2D eigenvalue weighted by Gasteiger charge is 2.57. The molecule has 0 aromatic carbocycles. The number of hydrogen-bond acceptors (Lipinski definition) is 3. The first-order valence-corrected chi connectivity index (χ1v) is 8.24. The van der Waals surface area contributed by atoms with Crippen molar-refractivity contribution >= 4 is 11.8 Å². The van der Waals surface area contributed by atoms with Crippen molar-refractivity contribution in [2.75, 3.05) is 19.4 Å². The molecule has 0 bridgehead atoms. The summed E-state index contributed by atoms with van der Waals surface area (Å²) in [5.41, 5.74) is 0.327. The van der Waals surface area contributed by atoms with Gasteiger partial charge in [-0.1, -0.05) is 20.8 Å². The lowest BCUT2D eigenvalue weighted by Crippen LogP contribution is -2.69. The highest BCUT2D eigenvalue weighted by molar-refractivity contribution is 7.99. The minimum absolute atomic E-state index is 0.327. The van der Waals surface area contributed by atoms with Crippen molar-refractivity contribution in [3.63, 3.8) is 0 Å². The van der Waals surface area contributed by atoms with Crippen molar-refractivity contribution in [1.82, 2.24) is 5.32 Å². The Kier molecular flexibility index (Phi) is 4.43. The first-order chi connectivity index (χ1) is 8.07. The van der Waals surface area contributed by atoms with E-state index in [9.17, 15) is 0 Å². The zero-order valence-electron chi connectivity index (χ0n) is 11.7. The minimum Gasteiger partial charge on any atom is -0.377 e. The first kappa shape index (κ1) is 13.7. The highest BCUT2D eigenvalue weighted by Crippen LogP contribution is 2.51. The Morgan fingerprint density at radius 2 is 2.24 bits per heavy atom. The third kappa shape index (κ3) is 2.66. The van der Waals surface area contributed by atoms with Crippen LogP contribution in [-0.4, -0.2) is 36.8 Å². The van der Waals surface area contributed by atoms with Gasteiger partial charge in [-0.05, 0) is 32.1 Å². The molecule has 2 aliphatic rings. The topological polar surface area (TPSA) is 21.3 Å². The largest absolute Gasteiger partial charge is 0.377 e. The molecule has 4 unspecified atom stereocenters. The van der Waals surface area contributed by atoms with Crippen molar-refractivity contribution in [2.24, 2.45) is 11.3 Å². The van der Waals surface area contributed by atoms with E-state index in [1.807, 2.05) is 11.8 Å². The van der Waals surface area contributed by atoms with Gasteiger partial charge in [-0.2, -0.15) is 11.8 Å². The normalized spacial score (nSPS) is 37.1. The van der Waals surface area contributed by atoms with Gasteiger partial charge < -0.3 is 10.1 Å². The second kappa shape index (κ2) is 5.50. The highest BCUT2D eigenvalue weighted by atomic mass is 32.2. The van der Waals surface area contributed by atoms with Gasteiger partial charge in [0, 0.05) is 29.2 Å². The third-order valence-electron chi connectivity index (χ3n) is 4.65. The van der Waals surface area contributed by atoms with Crippen LogP contribution in [0.2, 0.25) is 0 Å². The number of fused-ring (bicyclic) bond motifs is 1. The second-order valence-corrected chi connectivity index (χ2v) is 7.46. The Morgan fingerprint density at radius 1 is 1.47 bits per heavy atom. The second-order valence-electron chi connectivity index (χ2n) is 6.19. The van der Waals surface area contributed by atoms with Gasteiger partial charge in [0.1, 0.15) is 0 Å². The molecule has 0 amide bonds. The van der Waals surface area contributed by atoms with E-state index in [0.717, 1.165) is 24.3 Å². The van der Waals surface area contributed by atoms with E-state index in [0.29, 0.717) is 17.6 Å². The Balaban J connectivity index is 1.80. The van der Waals surface area contributed by atoms with Crippen molar-refractivity contribution in [2.45, 2.75) is 57.4 Å². The molecule has 1 aliphatic carbocycles. The maximum Gasteiger partial charge on any atom is 0.0684 e. The van der Waals surface area contributed by atoms with Gasteiger partial charge >= 0.3 is 0 Å². The molecule has 1 saturated carbocycles. The molecule has 2 fully saturated rings. The van der Waals surface area contributed by atoms with Gasteiger partial charge in [-0.15, -0.1) is 0 Å². The predicted molar refractivity (Wildman–Crippen MR) is 75.6 cm³/mol. The van der Waals surface area contributed by atoms with Crippen LogP contribution in [0.5, 0.6) is 0 Å². The van der Waals surface area contributed by atoms with Gasteiger partial charge in [0.15, 0.2) is 0 Å². The van der Waals surface area contributed by atoms with Gasteiger partial charge in [-0.3, -0.25) is 0 Å². The molecule has 17 heavy (non-hydrogen) atoms. The van der Waals surface area contributed by atoms with Gasteiger partial charge in [-0.25, -0.2) is 0 Å². The first-order valence-electron chi connectivity index (χ1n) is 6.95. The van der Waals surface area contributed by atoms with Crippen LogP contribution in [0.1, 0.15) is 40.0 Å². The summed E-state index contributed by atoms with van der Waals surface area (Å²) < 4.78 is 5.93. The van der Waals surface area contributed by atoms with E-state index in [-0.39, 0.29) is 0 Å². The Morgan fingerprint density at radius 3 is 2.94 bits per heavy atom. The van der Waals surface area contributed by atoms with Crippen LogP contribution in [0.15, 0.2) is 0 Å². The van der Waals surface area contributed by atoms with Crippen LogP contribution in [0.3, 0.4) is 0 Å². The average molecular weight is 257 g/mol. The van der Waals surface area contributed by atoms with Crippen LogP contribution in [0, 0.1) is 11.3 Å². The summed E-state index contributed by atoms with van der Waals surface area (Å²) in [6, 6.07) is 0.668. The lowest BCUT2D eigenvalue weighted by atomic mass is 9.55. The van der Waals surface area contributed by atoms with E-state index in [4.69, 9.17) is 4.74 Å². The monoisotopic (exact) mass is 257 g/mol. The molecule has 2 rings (SSSR count).